The number of fused-ring (bicyclic) bond motifs is 1. The molecule has 24 heavy (non-hydrogen) atoms. The third-order valence-corrected chi connectivity index (χ3v) is 4.23. The number of hydrogen-bond acceptors (Lipinski definition) is 3. The summed E-state index contributed by atoms with van der Waals surface area (Å²) in [6, 6.07) is 0.532. The second kappa shape index (κ2) is 6.64. The van der Waals surface area contributed by atoms with Crippen molar-refractivity contribution in [3.05, 3.63) is 53.4 Å². The van der Waals surface area contributed by atoms with E-state index >= 15 is 0 Å². The van der Waals surface area contributed by atoms with Crippen molar-refractivity contribution in [2.75, 3.05) is 6.61 Å². The second-order valence-corrected chi connectivity index (χ2v) is 5.77. The van der Waals surface area contributed by atoms with Gasteiger partial charge in [-0.2, -0.15) is 0 Å². The number of halogens is 3. The van der Waals surface area contributed by atoms with E-state index in [0.717, 1.165) is 18.0 Å². The molecule has 0 saturated heterocycles. The molecule has 8 heteroatoms. The van der Waals surface area contributed by atoms with Crippen molar-refractivity contribution in [1.29, 1.82) is 0 Å². The summed E-state index contributed by atoms with van der Waals surface area (Å²) in [5.41, 5.74) is -0.0282. The number of imidazole rings is 1. The first-order valence-electron chi connectivity index (χ1n) is 7.55. The molecule has 5 nitrogen and oxygen atoms in total. The minimum absolute atomic E-state index is 0.0282. The van der Waals surface area contributed by atoms with E-state index in [1.54, 1.807) is 6.20 Å². The predicted octanol–water partition coefficient (Wildman–Crippen LogP) is 1.71. The Kier molecular flexibility index (Phi) is 4.57. The van der Waals surface area contributed by atoms with Gasteiger partial charge in [-0.15, -0.1) is 0 Å². The number of benzene rings is 1. The van der Waals surface area contributed by atoms with Crippen LogP contribution < -0.4 is 5.32 Å². The standard InChI is InChI=1S/C16H16F3N3O2/c17-11-5-10(6-12(18)15(11)19)13(8-23)21-16(24)9-1-3-22-4-2-20-14(22)7-9/h2,4-6,9,13,23H,1,3,7-8H2,(H,21,24). The molecule has 0 aliphatic carbocycles. The predicted molar refractivity (Wildman–Crippen MR) is 78.3 cm³/mol. The van der Waals surface area contributed by atoms with Crippen molar-refractivity contribution in [3.8, 4) is 0 Å². The highest BCUT2D eigenvalue weighted by atomic mass is 19.2. The van der Waals surface area contributed by atoms with E-state index in [-0.39, 0.29) is 17.4 Å². The van der Waals surface area contributed by atoms with Crippen LogP contribution in [-0.2, 0) is 17.8 Å². The zero-order valence-electron chi connectivity index (χ0n) is 12.7. The zero-order chi connectivity index (χ0) is 17.3. The van der Waals surface area contributed by atoms with E-state index in [1.807, 2.05) is 10.8 Å². The lowest BCUT2D eigenvalue weighted by atomic mass is 9.96. The normalized spacial score (nSPS) is 18.1. The van der Waals surface area contributed by atoms with Crippen LogP contribution in [0.2, 0.25) is 0 Å². The molecule has 0 radical (unpaired) electrons. The molecule has 1 aromatic carbocycles. The number of hydrogen-bond donors (Lipinski definition) is 2. The van der Waals surface area contributed by atoms with Crippen molar-refractivity contribution in [2.24, 2.45) is 5.92 Å². The van der Waals surface area contributed by atoms with E-state index in [2.05, 4.69) is 10.3 Å². The van der Waals surface area contributed by atoms with Gasteiger partial charge in [0.2, 0.25) is 5.91 Å². The lowest BCUT2D eigenvalue weighted by Gasteiger charge is -2.25. The fourth-order valence-electron chi connectivity index (χ4n) is 2.88. The molecule has 1 aliphatic rings. The van der Waals surface area contributed by atoms with E-state index in [1.165, 1.54) is 0 Å². The average Bonchev–Trinajstić information content (AvgIpc) is 3.04. The maximum absolute atomic E-state index is 13.3. The van der Waals surface area contributed by atoms with Crippen LogP contribution in [0.1, 0.15) is 23.9 Å². The molecule has 2 aromatic rings. The van der Waals surface area contributed by atoms with Crippen LogP contribution >= 0.6 is 0 Å². The molecule has 2 N–H and O–H groups in total. The van der Waals surface area contributed by atoms with E-state index in [9.17, 15) is 23.1 Å². The van der Waals surface area contributed by atoms with Crippen molar-refractivity contribution < 1.29 is 23.1 Å². The van der Waals surface area contributed by atoms with Gasteiger partial charge in [0.15, 0.2) is 17.5 Å². The number of nitrogens with one attached hydrogen (secondary N) is 1. The summed E-state index contributed by atoms with van der Waals surface area (Å²) in [6.07, 6.45) is 4.54. The summed E-state index contributed by atoms with van der Waals surface area (Å²) in [5.74, 6) is -4.20. The molecule has 0 fully saturated rings. The quantitative estimate of drug-likeness (QED) is 0.834. The monoisotopic (exact) mass is 339 g/mol. The first kappa shape index (κ1) is 16.5. The van der Waals surface area contributed by atoms with Crippen molar-refractivity contribution in [1.82, 2.24) is 14.9 Å². The van der Waals surface area contributed by atoms with Crippen LogP contribution in [0.3, 0.4) is 0 Å². The third-order valence-electron chi connectivity index (χ3n) is 4.23. The van der Waals surface area contributed by atoms with E-state index < -0.39 is 30.1 Å². The van der Waals surface area contributed by atoms with Crippen LogP contribution in [0, 0.1) is 23.4 Å². The molecule has 0 spiro atoms. The van der Waals surface area contributed by atoms with Crippen LogP contribution in [0.4, 0.5) is 13.2 Å². The maximum Gasteiger partial charge on any atom is 0.224 e. The fourth-order valence-corrected chi connectivity index (χ4v) is 2.88. The molecule has 0 bridgehead atoms. The lowest BCUT2D eigenvalue weighted by molar-refractivity contribution is -0.126. The van der Waals surface area contributed by atoms with Crippen LogP contribution in [0.15, 0.2) is 24.5 Å². The molecule has 2 atom stereocenters. The van der Waals surface area contributed by atoms with E-state index in [4.69, 9.17) is 0 Å². The second-order valence-electron chi connectivity index (χ2n) is 5.77. The summed E-state index contributed by atoms with van der Waals surface area (Å²) in [4.78, 5) is 16.6. The molecule has 1 aromatic heterocycles. The van der Waals surface area contributed by atoms with Crippen LogP contribution in [0.25, 0.3) is 0 Å². The molecule has 2 heterocycles. The van der Waals surface area contributed by atoms with Gasteiger partial charge >= 0.3 is 0 Å². The number of aryl methyl sites for hydroxylation is 1. The molecular formula is C16H16F3N3O2. The van der Waals surface area contributed by atoms with Gasteiger partial charge in [-0.1, -0.05) is 0 Å². The molecule has 3 rings (SSSR count). The highest BCUT2D eigenvalue weighted by molar-refractivity contribution is 5.79. The SMILES string of the molecule is O=C(NC(CO)c1cc(F)c(F)c(F)c1)C1CCn2ccnc2C1. The summed E-state index contributed by atoms with van der Waals surface area (Å²) >= 11 is 0. The minimum Gasteiger partial charge on any atom is -0.394 e. The number of nitrogens with zero attached hydrogens (tertiary/aromatic N) is 2. The summed E-state index contributed by atoms with van der Waals surface area (Å²) in [6.45, 7) is 0.0919. The van der Waals surface area contributed by atoms with Crippen molar-refractivity contribution >= 4 is 5.91 Å². The smallest absolute Gasteiger partial charge is 0.224 e. The highest BCUT2D eigenvalue weighted by Gasteiger charge is 2.27. The number of carbonyl (C=O) groups excluding carboxylic acids is 1. The Bertz CT molecular complexity index is 740. The zero-order valence-corrected chi connectivity index (χ0v) is 12.7. The molecule has 2 unspecified atom stereocenters. The van der Waals surface area contributed by atoms with Gasteiger partial charge < -0.3 is 15.0 Å². The Labute approximate surface area is 136 Å². The Morgan fingerprint density at radius 3 is 2.75 bits per heavy atom. The van der Waals surface area contributed by atoms with Crippen molar-refractivity contribution in [3.63, 3.8) is 0 Å². The Morgan fingerprint density at radius 2 is 2.08 bits per heavy atom. The maximum atomic E-state index is 13.3. The number of rotatable bonds is 4. The molecule has 1 amide bonds. The first-order valence-corrected chi connectivity index (χ1v) is 7.55. The number of aliphatic hydroxyl groups excluding tert-OH is 1. The fraction of sp³-hybridized carbons (Fsp3) is 0.375. The number of aliphatic hydroxyl groups is 1. The summed E-state index contributed by atoms with van der Waals surface area (Å²) in [7, 11) is 0. The molecular weight excluding hydrogens is 323 g/mol. The van der Waals surface area contributed by atoms with Gasteiger partial charge in [0.1, 0.15) is 5.82 Å². The number of carbonyl (C=O) groups is 1. The largest absolute Gasteiger partial charge is 0.394 e. The van der Waals surface area contributed by atoms with Gasteiger partial charge in [0, 0.05) is 31.3 Å². The summed E-state index contributed by atoms with van der Waals surface area (Å²) < 4.78 is 41.7. The Hall–Kier alpha value is -2.35. The van der Waals surface area contributed by atoms with Crippen LogP contribution in [-0.4, -0.2) is 27.2 Å². The van der Waals surface area contributed by atoms with Gasteiger partial charge in [0.05, 0.1) is 12.6 Å². The van der Waals surface area contributed by atoms with Crippen LogP contribution in [0.5, 0.6) is 0 Å². The lowest BCUT2D eigenvalue weighted by Crippen LogP contribution is -2.38. The molecule has 1 aliphatic heterocycles. The number of aromatic nitrogens is 2. The van der Waals surface area contributed by atoms with E-state index in [0.29, 0.717) is 19.4 Å². The minimum atomic E-state index is -1.58. The van der Waals surface area contributed by atoms with Gasteiger partial charge in [-0.25, -0.2) is 18.2 Å². The summed E-state index contributed by atoms with van der Waals surface area (Å²) in [5, 5.41) is 12.0. The topological polar surface area (TPSA) is 67.2 Å². The molecule has 0 saturated carbocycles. The van der Waals surface area contributed by atoms with Gasteiger partial charge in [-0.05, 0) is 24.1 Å². The molecule has 128 valence electrons. The van der Waals surface area contributed by atoms with Crippen molar-refractivity contribution in [2.45, 2.75) is 25.4 Å². The Morgan fingerprint density at radius 1 is 1.38 bits per heavy atom. The average molecular weight is 339 g/mol. The number of amides is 1. The van der Waals surface area contributed by atoms with Gasteiger partial charge in [-0.3, -0.25) is 4.79 Å². The Balaban J connectivity index is 1.73. The highest BCUT2D eigenvalue weighted by Crippen LogP contribution is 2.23. The first-order chi connectivity index (χ1) is 11.5. The van der Waals surface area contributed by atoms with Gasteiger partial charge in [0.25, 0.3) is 0 Å². The third kappa shape index (κ3) is 3.14.